The van der Waals surface area contributed by atoms with Gasteiger partial charge in [0.05, 0.1) is 12.1 Å². The van der Waals surface area contributed by atoms with Crippen LogP contribution in [0.5, 0.6) is 0 Å². The molecule has 2 N–H and O–H groups in total. The molecule has 3 aliphatic heterocycles. The monoisotopic (exact) mass is 435 g/mol. The van der Waals surface area contributed by atoms with Gasteiger partial charge in [-0.05, 0) is 50.3 Å². The van der Waals surface area contributed by atoms with Crippen molar-refractivity contribution in [3.8, 4) is 0 Å². The van der Waals surface area contributed by atoms with Crippen molar-refractivity contribution in [1.82, 2.24) is 15.1 Å². The highest BCUT2D eigenvalue weighted by Crippen LogP contribution is 2.38. The number of imide groups is 1. The molecule has 0 spiro atoms. The van der Waals surface area contributed by atoms with Gasteiger partial charge in [0.15, 0.2) is 0 Å². The van der Waals surface area contributed by atoms with Crippen molar-refractivity contribution in [2.75, 3.05) is 26.2 Å². The van der Waals surface area contributed by atoms with E-state index in [0.29, 0.717) is 25.9 Å². The van der Waals surface area contributed by atoms with E-state index >= 15 is 4.39 Å². The molecule has 0 radical (unpaired) electrons. The average Bonchev–Trinajstić information content (AvgIpc) is 3.06. The van der Waals surface area contributed by atoms with Crippen LogP contribution >= 0.6 is 0 Å². The lowest BCUT2D eigenvalue weighted by molar-refractivity contribution is -0.136. The van der Waals surface area contributed by atoms with Crippen LogP contribution in [0.4, 0.5) is 8.78 Å². The third-order valence-corrected chi connectivity index (χ3v) is 6.64. The Morgan fingerprint density at radius 2 is 1.90 bits per heavy atom. The first-order valence-corrected chi connectivity index (χ1v) is 10.8. The van der Waals surface area contributed by atoms with Crippen molar-refractivity contribution in [2.45, 2.75) is 51.1 Å². The number of halogens is 2. The Morgan fingerprint density at radius 3 is 2.55 bits per heavy atom. The average molecular weight is 435 g/mol. The number of hydrogen-bond acceptors (Lipinski definition) is 5. The molecule has 4 rings (SSSR count). The molecule has 2 fully saturated rings. The summed E-state index contributed by atoms with van der Waals surface area (Å²) in [6.07, 6.45) is 1.46. The van der Waals surface area contributed by atoms with Crippen molar-refractivity contribution < 1.29 is 28.3 Å². The van der Waals surface area contributed by atoms with E-state index < -0.39 is 35.4 Å². The Bertz CT molecular complexity index is 915. The van der Waals surface area contributed by atoms with Crippen LogP contribution in [-0.4, -0.2) is 64.9 Å². The van der Waals surface area contributed by atoms with Crippen LogP contribution in [0.2, 0.25) is 0 Å². The molecular weight excluding hydrogens is 408 g/mol. The zero-order chi connectivity index (χ0) is 22.3. The summed E-state index contributed by atoms with van der Waals surface area (Å²) < 4.78 is 30.4. The summed E-state index contributed by atoms with van der Waals surface area (Å²) in [6, 6.07) is 0.239. The highest BCUT2D eigenvalue weighted by Gasteiger charge is 2.42. The van der Waals surface area contributed by atoms with Gasteiger partial charge in [0.25, 0.3) is 5.91 Å². The third kappa shape index (κ3) is 4.08. The summed E-state index contributed by atoms with van der Waals surface area (Å²) in [6.45, 7) is 4.07. The fraction of sp³-hybridized carbons (Fsp3) is 0.591. The van der Waals surface area contributed by atoms with Crippen molar-refractivity contribution in [3.05, 3.63) is 34.4 Å². The molecule has 2 saturated heterocycles. The van der Waals surface area contributed by atoms with E-state index in [4.69, 9.17) is 0 Å². The summed E-state index contributed by atoms with van der Waals surface area (Å²) in [5, 5.41) is 11.4. The lowest BCUT2D eigenvalue weighted by atomic mass is 9.86. The number of fused-ring (bicyclic) bond motifs is 1. The highest BCUT2D eigenvalue weighted by molar-refractivity contribution is 6.05. The van der Waals surface area contributed by atoms with Crippen LogP contribution in [0.25, 0.3) is 0 Å². The fourth-order valence-corrected chi connectivity index (χ4v) is 4.93. The smallest absolute Gasteiger partial charge is 0.255 e. The summed E-state index contributed by atoms with van der Waals surface area (Å²) in [7, 11) is 0. The Hall–Kier alpha value is -2.39. The second kappa shape index (κ2) is 8.63. The maximum absolute atomic E-state index is 15.4. The predicted octanol–water partition coefficient (Wildman–Crippen LogP) is 1.53. The van der Waals surface area contributed by atoms with E-state index in [1.165, 1.54) is 4.90 Å². The normalized spacial score (nSPS) is 23.8. The predicted molar refractivity (Wildman–Crippen MR) is 107 cm³/mol. The van der Waals surface area contributed by atoms with Crippen LogP contribution in [0.3, 0.4) is 0 Å². The first-order valence-electron chi connectivity index (χ1n) is 10.8. The van der Waals surface area contributed by atoms with E-state index in [9.17, 15) is 23.9 Å². The van der Waals surface area contributed by atoms with Crippen LogP contribution in [-0.2, 0) is 16.1 Å². The summed E-state index contributed by atoms with van der Waals surface area (Å²) in [5.74, 6) is -3.12. The molecule has 0 saturated carbocycles. The van der Waals surface area contributed by atoms with E-state index in [0.717, 1.165) is 12.6 Å². The molecule has 1 unspecified atom stereocenters. The zero-order valence-corrected chi connectivity index (χ0v) is 17.5. The minimum Gasteiger partial charge on any atom is -0.396 e. The molecule has 7 nitrogen and oxygen atoms in total. The molecular formula is C22H27F2N3O4. The lowest BCUT2D eigenvalue weighted by Gasteiger charge is -2.33. The molecule has 1 aromatic rings. The number of hydrogen-bond donors (Lipinski definition) is 2. The maximum Gasteiger partial charge on any atom is 0.255 e. The summed E-state index contributed by atoms with van der Waals surface area (Å²) >= 11 is 0. The van der Waals surface area contributed by atoms with Gasteiger partial charge in [-0.2, -0.15) is 0 Å². The molecule has 1 aromatic carbocycles. The maximum atomic E-state index is 15.4. The molecule has 168 valence electrons. The minimum atomic E-state index is -0.861. The summed E-state index contributed by atoms with van der Waals surface area (Å²) in [5.41, 5.74) is 0.103. The number of nitrogens with zero attached hydrogens (tertiary/aromatic N) is 2. The van der Waals surface area contributed by atoms with Crippen LogP contribution in [0.15, 0.2) is 6.07 Å². The highest BCUT2D eigenvalue weighted by atomic mass is 19.1. The third-order valence-electron chi connectivity index (χ3n) is 6.64. The largest absolute Gasteiger partial charge is 0.396 e. The van der Waals surface area contributed by atoms with Gasteiger partial charge in [0, 0.05) is 30.7 Å². The Morgan fingerprint density at radius 1 is 1.19 bits per heavy atom. The van der Waals surface area contributed by atoms with Gasteiger partial charge in [0.2, 0.25) is 11.8 Å². The molecule has 2 atom stereocenters. The first kappa shape index (κ1) is 21.8. The number of aliphatic hydroxyl groups excluding tert-OH is 1. The van der Waals surface area contributed by atoms with Gasteiger partial charge in [0.1, 0.15) is 17.7 Å². The molecule has 9 heteroatoms. The van der Waals surface area contributed by atoms with Crippen molar-refractivity contribution in [3.63, 3.8) is 0 Å². The number of likely N-dealkylation sites (tertiary alicyclic amines) is 1. The number of amides is 3. The van der Waals surface area contributed by atoms with Gasteiger partial charge < -0.3 is 14.9 Å². The fourth-order valence-electron chi connectivity index (χ4n) is 4.93. The van der Waals surface area contributed by atoms with E-state index in [1.54, 1.807) is 0 Å². The Kier molecular flexibility index (Phi) is 6.07. The van der Waals surface area contributed by atoms with E-state index in [2.05, 4.69) is 10.2 Å². The topological polar surface area (TPSA) is 89.9 Å². The van der Waals surface area contributed by atoms with Gasteiger partial charge in [-0.15, -0.1) is 0 Å². The molecule has 3 aliphatic rings. The molecule has 3 amide bonds. The van der Waals surface area contributed by atoms with Gasteiger partial charge >= 0.3 is 0 Å². The number of benzene rings is 1. The van der Waals surface area contributed by atoms with Crippen molar-refractivity contribution >= 4 is 17.7 Å². The van der Waals surface area contributed by atoms with Crippen molar-refractivity contribution in [1.29, 1.82) is 0 Å². The number of rotatable bonds is 5. The van der Waals surface area contributed by atoms with Crippen LogP contribution in [0, 0.1) is 17.6 Å². The molecule has 31 heavy (non-hydrogen) atoms. The molecule has 0 aromatic heterocycles. The van der Waals surface area contributed by atoms with Crippen molar-refractivity contribution in [2.24, 2.45) is 5.92 Å². The van der Waals surface area contributed by atoms with Gasteiger partial charge in [-0.25, -0.2) is 8.78 Å². The first-order chi connectivity index (χ1) is 14.8. The Balaban J connectivity index is 1.53. The van der Waals surface area contributed by atoms with Crippen LogP contribution < -0.4 is 5.32 Å². The second-order valence-electron chi connectivity index (χ2n) is 8.87. The number of nitrogens with one attached hydrogen (secondary N) is 1. The number of carbonyl (C=O) groups is 3. The molecule has 0 bridgehead atoms. The Labute approximate surface area is 179 Å². The summed E-state index contributed by atoms with van der Waals surface area (Å²) in [4.78, 5) is 39.8. The molecule has 3 heterocycles. The number of piperidine rings is 2. The zero-order valence-electron chi connectivity index (χ0n) is 17.5. The lowest BCUT2D eigenvalue weighted by Crippen LogP contribution is -2.52. The minimum absolute atomic E-state index is 0.0199. The molecule has 0 aliphatic carbocycles. The van der Waals surface area contributed by atoms with Gasteiger partial charge in [-0.1, -0.05) is 6.92 Å². The SMILES string of the molecule is C[C@@H](CO)CN1CCC(c2c(F)cc3c(c2F)CN(C2CCC(=O)NC2=O)C3=O)CC1. The standard InChI is InChI=1S/C22H27F2N3O4/c1-12(11-28)9-26-6-4-13(5-7-26)19-16(23)8-14-15(20(19)24)10-27(22(14)31)17-2-3-18(29)25-21(17)30/h8,12-13,17,28H,2-7,9-11H2,1H3,(H,25,29,30)/t12-,17?/m1/s1. The quantitative estimate of drug-likeness (QED) is 0.685. The van der Waals surface area contributed by atoms with E-state index in [1.807, 2.05) is 6.92 Å². The van der Waals surface area contributed by atoms with Gasteiger partial charge in [-0.3, -0.25) is 19.7 Å². The number of carbonyl (C=O) groups excluding carboxylic acids is 3. The number of aliphatic hydroxyl groups is 1. The van der Waals surface area contributed by atoms with E-state index in [-0.39, 0.29) is 54.5 Å². The second-order valence-corrected chi connectivity index (χ2v) is 8.87. The van der Waals surface area contributed by atoms with Crippen LogP contribution in [0.1, 0.15) is 60.0 Å².